The molecule has 30 heavy (non-hydrogen) atoms. The van der Waals surface area contributed by atoms with Gasteiger partial charge in [-0.05, 0) is 49.4 Å². The molecule has 0 spiro atoms. The van der Waals surface area contributed by atoms with Crippen LogP contribution in [0.15, 0.2) is 53.9 Å². The number of anilines is 3. The minimum absolute atomic E-state index is 0.0584. The largest absolute Gasteiger partial charge is 0.368 e. The summed E-state index contributed by atoms with van der Waals surface area (Å²) < 4.78 is 0. The zero-order chi connectivity index (χ0) is 21.1. The summed E-state index contributed by atoms with van der Waals surface area (Å²) in [4.78, 5) is 32.8. The Morgan fingerprint density at radius 1 is 1.07 bits per heavy atom. The first-order valence-electron chi connectivity index (χ1n) is 9.63. The second-order valence-electron chi connectivity index (χ2n) is 7.06. The van der Waals surface area contributed by atoms with Crippen LogP contribution in [0.1, 0.15) is 27.8 Å². The first kappa shape index (κ1) is 20.4. The molecule has 1 fully saturated rings. The number of nitrogens with zero attached hydrogens (tertiary/aromatic N) is 3. The highest BCUT2D eigenvalue weighted by molar-refractivity contribution is 7.14. The Morgan fingerprint density at radius 3 is 2.47 bits per heavy atom. The molecule has 1 N–H and O–H groups in total. The molecule has 0 unspecified atom stereocenters. The van der Waals surface area contributed by atoms with Crippen molar-refractivity contribution in [1.29, 1.82) is 0 Å². The molecule has 0 aliphatic carbocycles. The standard InChI is InChI=1S/C22H21ClN4O2S/c1-15(28)16-5-7-19(8-6-16)26-9-11-27(12-10-26)21(29)20-14-30-22(25-20)24-18-4-2-3-17(23)13-18/h2-8,13-14H,9-12H2,1H3,(H,24,25). The molecule has 3 aromatic rings. The maximum atomic E-state index is 12.8. The van der Waals surface area contributed by atoms with Crippen LogP contribution in [0.3, 0.4) is 0 Å². The SMILES string of the molecule is CC(=O)c1ccc(N2CCN(C(=O)c3csc(Nc4cccc(Cl)c4)n3)CC2)cc1. The summed E-state index contributed by atoms with van der Waals surface area (Å²) in [6, 6.07) is 15.0. The van der Waals surface area contributed by atoms with E-state index in [0.29, 0.717) is 34.5 Å². The summed E-state index contributed by atoms with van der Waals surface area (Å²) in [5, 5.41) is 6.26. The molecule has 1 aromatic heterocycles. The van der Waals surface area contributed by atoms with E-state index >= 15 is 0 Å². The Balaban J connectivity index is 1.35. The smallest absolute Gasteiger partial charge is 0.273 e. The molecule has 154 valence electrons. The summed E-state index contributed by atoms with van der Waals surface area (Å²) >= 11 is 7.40. The summed E-state index contributed by atoms with van der Waals surface area (Å²) in [6.45, 7) is 4.30. The van der Waals surface area contributed by atoms with Gasteiger partial charge in [0.25, 0.3) is 5.91 Å². The third kappa shape index (κ3) is 4.63. The number of ketones is 1. The summed E-state index contributed by atoms with van der Waals surface area (Å²) in [7, 11) is 0. The lowest BCUT2D eigenvalue weighted by atomic mass is 10.1. The maximum Gasteiger partial charge on any atom is 0.273 e. The van der Waals surface area contributed by atoms with Gasteiger partial charge in [-0.3, -0.25) is 9.59 Å². The van der Waals surface area contributed by atoms with Gasteiger partial charge in [0, 0.05) is 53.5 Å². The van der Waals surface area contributed by atoms with Crippen LogP contribution in [0.25, 0.3) is 0 Å². The zero-order valence-electron chi connectivity index (χ0n) is 16.5. The Kier molecular flexibility index (Phi) is 6.01. The number of piperazine rings is 1. The van der Waals surface area contributed by atoms with Crippen molar-refractivity contribution < 1.29 is 9.59 Å². The highest BCUT2D eigenvalue weighted by atomic mass is 35.5. The third-order valence-corrected chi connectivity index (χ3v) is 6.00. The first-order valence-corrected chi connectivity index (χ1v) is 10.9. The Labute approximate surface area is 184 Å². The fourth-order valence-corrected chi connectivity index (χ4v) is 4.25. The van der Waals surface area contributed by atoms with Crippen molar-refractivity contribution in [3.05, 3.63) is 70.2 Å². The zero-order valence-corrected chi connectivity index (χ0v) is 18.0. The topological polar surface area (TPSA) is 65.5 Å². The van der Waals surface area contributed by atoms with Gasteiger partial charge in [-0.15, -0.1) is 11.3 Å². The monoisotopic (exact) mass is 440 g/mol. The van der Waals surface area contributed by atoms with Gasteiger partial charge in [-0.2, -0.15) is 0 Å². The number of nitrogens with one attached hydrogen (secondary N) is 1. The van der Waals surface area contributed by atoms with Crippen molar-refractivity contribution in [1.82, 2.24) is 9.88 Å². The van der Waals surface area contributed by atoms with Gasteiger partial charge >= 0.3 is 0 Å². The molecular formula is C22H21ClN4O2S. The molecular weight excluding hydrogens is 420 g/mol. The van der Waals surface area contributed by atoms with Crippen LogP contribution in [-0.4, -0.2) is 47.8 Å². The van der Waals surface area contributed by atoms with Crippen LogP contribution in [0, 0.1) is 0 Å². The van der Waals surface area contributed by atoms with Crippen molar-refractivity contribution in [3.8, 4) is 0 Å². The first-order chi connectivity index (χ1) is 14.5. The number of thiazole rings is 1. The predicted molar refractivity (Wildman–Crippen MR) is 121 cm³/mol. The number of halogens is 1. The van der Waals surface area contributed by atoms with Crippen LogP contribution >= 0.6 is 22.9 Å². The number of carbonyl (C=O) groups is 2. The van der Waals surface area contributed by atoms with Crippen molar-refractivity contribution >= 4 is 51.1 Å². The van der Waals surface area contributed by atoms with Gasteiger partial charge in [0.05, 0.1) is 0 Å². The Hall–Kier alpha value is -2.90. The van der Waals surface area contributed by atoms with Gasteiger partial charge in [-0.1, -0.05) is 17.7 Å². The van der Waals surface area contributed by atoms with Crippen LogP contribution in [0.4, 0.5) is 16.5 Å². The van der Waals surface area contributed by atoms with Crippen LogP contribution in [0.2, 0.25) is 5.02 Å². The Bertz CT molecular complexity index is 1060. The van der Waals surface area contributed by atoms with E-state index in [0.717, 1.165) is 24.5 Å². The lowest BCUT2D eigenvalue weighted by molar-refractivity contribution is 0.0741. The van der Waals surface area contributed by atoms with Gasteiger partial charge in [0.1, 0.15) is 5.69 Å². The molecule has 0 atom stereocenters. The number of Topliss-reactive ketones (excluding diaryl/α,β-unsaturated/α-hetero) is 1. The average Bonchev–Trinajstić information content (AvgIpc) is 3.22. The molecule has 6 nitrogen and oxygen atoms in total. The van der Waals surface area contributed by atoms with E-state index in [-0.39, 0.29) is 11.7 Å². The van der Waals surface area contributed by atoms with Gasteiger partial charge in [0.2, 0.25) is 0 Å². The van der Waals surface area contributed by atoms with E-state index in [1.165, 1.54) is 11.3 Å². The van der Waals surface area contributed by atoms with Gasteiger partial charge in [-0.25, -0.2) is 4.98 Å². The number of rotatable bonds is 5. The van der Waals surface area contributed by atoms with Crippen molar-refractivity contribution in [2.45, 2.75) is 6.92 Å². The van der Waals surface area contributed by atoms with Crippen molar-refractivity contribution in [2.24, 2.45) is 0 Å². The highest BCUT2D eigenvalue weighted by Crippen LogP contribution is 2.24. The molecule has 1 aliphatic rings. The fourth-order valence-electron chi connectivity index (χ4n) is 3.36. The Morgan fingerprint density at radius 2 is 1.80 bits per heavy atom. The molecule has 0 saturated carbocycles. The van der Waals surface area contributed by atoms with Crippen molar-refractivity contribution in [2.75, 3.05) is 36.4 Å². The van der Waals surface area contributed by atoms with E-state index in [2.05, 4.69) is 15.2 Å². The van der Waals surface area contributed by atoms with Crippen LogP contribution < -0.4 is 10.2 Å². The molecule has 0 radical (unpaired) electrons. The lowest BCUT2D eigenvalue weighted by Gasteiger charge is -2.35. The van der Waals surface area contributed by atoms with E-state index < -0.39 is 0 Å². The number of aromatic nitrogens is 1. The van der Waals surface area contributed by atoms with Crippen LogP contribution in [-0.2, 0) is 0 Å². The van der Waals surface area contributed by atoms with Crippen LogP contribution in [0.5, 0.6) is 0 Å². The van der Waals surface area contributed by atoms with Crippen molar-refractivity contribution in [3.63, 3.8) is 0 Å². The van der Waals surface area contributed by atoms with E-state index in [1.807, 2.05) is 47.4 Å². The second-order valence-corrected chi connectivity index (χ2v) is 8.35. The third-order valence-electron chi connectivity index (χ3n) is 5.01. The number of hydrogen-bond donors (Lipinski definition) is 1. The number of amides is 1. The minimum Gasteiger partial charge on any atom is -0.368 e. The second kappa shape index (κ2) is 8.85. The molecule has 8 heteroatoms. The quantitative estimate of drug-likeness (QED) is 0.582. The lowest BCUT2D eigenvalue weighted by Crippen LogP contribution is -2.48. The van der Waals surface area contributed by atoms with E-state index in [1.54, 1.807) is 18.4 Å². The normalized spacial score (nSPS) is 13.9. The highest BCUT2D eigenvalue weighted by Gasteiger charge is 2.24. The molecule has 0 bridgehead atoms. The van der Waals surface area contributed by atoms with Gasteiger partial charge < -0.3 is 15.1 Å². The predicted octanol–water partition coefficient (Wildman–Crippen LogP) is 4.71. The van der Waals surface area contributed by atoms with E-state index in [4.69, 9.17) is 11.6 Å². The summed E-state index contributed by atoms with van der Waals surface area (Å²) in [5.41, 5.74) is 3.05. The molecule has 1 aliphatic heterocycles. The molecule has 4 rings (SSSR count). The molecule has 2 aromatic carbocycles. The summed E-state index contributed by atoms with van der Waals surface area (Å²) in [5.74, 6) is 0.00132. The number of benzene rings is 2. The fraction of sp³-hybridized carbons (Fsp3) is 0.227. The molecule has 1 saturated heterocycles. The molecule has 2 heterocycles. The van der Waals surface area contributed by atoms with Gasteiger partial charge in [0.15, 0.2) is 10.9 Å². The summed E-state index contributed by atoms with van der Waals surface area (Å²) in [6.07, 6.45) is 0. The maximum absolute atomic E-state index is 12.8. The van der Waals surface area contributed by atoms with E-state index in [9.17, 15) is 9.59 Å². The average molecular weight is 441 g/mol. The number of carbonyl (C=O) groups excluding carboxylic acids is 2. The number of hydrogen-bond acceptors (Lipinski definition) is 6. The molecule has 1 amide bonds. The minimum atomic E-state index is -0.0584.